The van der Waals surface area contributed by atoms with Crippen LogP contribution in [0.3, 0.4) is 0 Å². The molecule has 2 rings (SSSR count). The van der Waals surface area contributed by atoms with Gasteiger partial charge in [-0.1, -0.05) is 12.1 Å². The summed E-state index contributed by atoms with van der Waals surface area (Å²) < 4.78 is 0. The fraction of sp³-hybridized carbons (Fsp3) is 0.357. The van der Waals surface area contributed by atoms with Crippen molar-refractivity contribution in [2.45, 2.75) is 12.8 Å². The van der Waals surface area contributed by atoms with E-state index >= 15 is 0 Å². The smallest absolute Gasteiger partial charge is 0.244 e. The average molecular weight is 275 g/mol. The number of rotatable bonds is 3. The van der Waals surface area contributed by atoms with Crippen LogP contribution >= 0.6 is 0 Å². The molecule has 1 N–H and O–H groups in total. The van der Waals surface area contributed by atoms with Gasteiger partial charge in [0.2, 0.25) is 17.7 Å². The highest BCUT2D eigenvalue weighted by atomic mass is 16.2. The number of nitrogens with zero attached hydrogens (tertiary/aromatic N) is 2. The largest absolute Gasteiger partial charge is 0.349 e. The maximum Gasteiger partial charge on any atom is 0.244 e. The van der Waals surface area contributed by atoms with Gasteiger partial charge in [0, 0.05) is 26.9 Å². The molecule has 0 spiro atoms. The Labute approximate surface area is 117 Å². The van der Waals surface area contributed by atoms with E-state index in [2.05, 4.69) is 5.32 Å². The first-order chi connectivity index (χ1) is 9.49. The van der Waals surface area contributed by atoms with Crippen molar-refractivity contribution in [2.75, 3.05) is 30.9 Å². The van der Waals surface area contributed by atoms with Crippen LogP contribution in [-0.4, -0.2) is 43.3 Å². The van der Waals surface area contributed by atoms with E-state index in [1.165, 1.54) is 9.80 Å². The van der Waals surface area contributed by atoms with E-state index in [0.29, 0.717) is 11.4 Å². The Bertz CT molecular complexity index is 554. The zero-order valence-electron chi connectivity index (χ0n) is 11.5. The van der Waals surface area contributed by atoms with Gasteiger partial charge in [0.1, 0.15) is 6.54 Å². The maximum atomic E-state index is 12.2. The Morgan fingerprint density at radius 3 is 2.65 bits per heavy atom. The topological polar surface area (TPSA) is 69.7 Å². The molecule has 0 radical (unpaired) electrons. The van der Waals surface area contributed by atoms with Crippen LogP contribution in [-0.2, 0) is 14.4 Å². The Morgan fingerprint density at radius 1 is 1.25 bits per heavy atom. The first-order valence-electron chi connectivity index (χ1n) is 6.38. The summed E-state index contributed by atoms with van der Waals surface area (Å²) in [5, 5.41) is 2.72. The van der Waals surface area contributed by atoms with Gasteiger partial charge in [-0.15, -0.1) is 0 Å². The molecule has 1 aromatic rings. The van der Waals surface area contributed by atoms with Crippen molar-refractivity contribution in [2.24, 2.45) is 0 Å². The van der Waals surface area contributed by atoms with Crippen LogP contribution in [0, 0.1) is 0 Å². The Kier molecular flexibility index (Phi) is 4.02. The van der Waals surface area contributed by atoms with E-state index in [1.807, 2.05) is 6.07 Å². The highest BCUT2D eigenvalue weighted by molar-refractivity contribution is 6.10. The quantitative estimate of drug-likeness (QED) is 0.888. The average Bonchev–Trinajstić information content (AvgIpc) is 2.43. The molecule has 0 saturated carbocycles. The van der Waals surface area contributed by atoms with Gasteiger partial charge in [0.05, 0.1) is 11.4 Å². The fourth-order valence-corrected chi connectivity index (χ4v) is 2.03. The number of carbonyl (C=O) groups excluding carboxylic acids is 3. The van der Waals surface area contributed by atoms with Crippen LogP contribution in [0.2, 0.25) is 0 Å². The predicted molar refractivity (Wildman–Crippen MR) is 75.4 cm³/mol. The second-order valence-corrected chi connectivity index (χ2v) is 4.83. The van der Waals surface area contributed by atoms with Crippen molar-refractivity contribution in [1.29, 1.82) is 0 Å². The molecule has 20 heavy (non-hydrogen) atoms. The van der Waals surface area contributed by atoms with Crippen LogP contribution in [0.15, 0.2) is 24.3 Å². The van der Waals surface area contributed by atoms with Crippen LogP contribution in [0.25, 0.3) is 0 Å². The highest BCUT2D eigenvalue weighted by Crippen LogP contribution is 2.29. The summed E-state index contributed by atoms with van der Waals surface area (Å²) in [6.45, 7) is -0.00794. The van der Waals surface area contributed by atoms with E-state index in [9.17, 15) is 14.4 Å². The maximum absolute atomic E-state index is 12.2. The van der Waals surface area contributed by atoms with E-state index in [4.69, 9.17) is 0 Å². The molecule has 106 valence electrons. The minimum atomic E-state index is -0.226. The molecule has 0 aliphatic carbocycles. The summed E-state index contributed by atoms with van der Waals surface area (Å²) in [6, 6.07) is 7.13. The number of benzene rings is 1. The molecule has 0 bridgehead atoms. The van der Waals surface area contributed by atoms with Crippen LogP contribution in [0.5, 0.6) is 0 Å². The molecule has 0 aromatic heterocycles. The third-order valence-corrected chi connectivity index (χ3v) is 3.12. The van der Waals surface area contributed by atoms with E-state index in [1.54, 1.807) is 32.3 Å². The van der Waals surface area contributed by atoms with Gasteiger partial charge in [-0.25, -0.2) is 0 Å². The summed E-state index contributed by atoms with van der Waals surface area (Å²) >= 11 is 0. The molecule has 1 aromatic carbocycles. The lowest BCUT2D eigenvalue weighted by Crippen LogP contribution is -2.42. The number of fused-ring (bicyclic) bond motifs is 1. The van der Waals surface area contributed by atoms with Gasteiger partial charge < -0.3 is 15.1 Å². The van der Waals surface area contributed by atoms with E-state index in [-0.39, 0.29) is 37.1 Å². The van der Waals surface area contributed by atoms with Gasteiger partial charge in [0.25, 0.3) is 0 Å². The highest BCUT2D eigenvalue weighted by Gasteiger charge is 2.26. The predicted octanol–water partition coefficient (Wildman–Crippen LogP) is 0.840. The van der Waals surface area contributed by atoms with Gasteiger partial charge in [-0.3, -0.25) is 14.4 Å². The second kappa shape index (κ2) is 5.73. The molecular formula is C14H17N3O3. The zero-order valence-corrected chi connectivity index (χ0v) is 11.5. The first kappa shape index (κ1) is 14.0. The van der Waals surface area contributed by atoms with Crippen LogP contribution < -0.4 is 10.2 Å². The molecule has 0 unspecified atom stereocenters. The number of hydrogen-bond donors (Lipinski definition) is 1. The summed E-state index contributed by atoms with van der Waals surface area (Å²) in [5.41, 5.74) is 1.30. The van der Waals surface area contributed by atoms with Crippen molar-refractivity contribution >= 4 is 29.1 Å². The lowest BCUT2D eigenvalue weighted by molar-refractivity contribution is -0.131. The minimum absolute atomic E-state index is 0.00794. The van der Waals surface area contributed by atoms with Gasteiger partial charge in [0.15, 0.2) is 0 Å². The van der Waals surface area contributed by atoms with Crippen molar-refractivity contribution in [3.8, 4) is 0 Å². The molecule has 6 heteroatoms. The monoisotopic (exact) mass is 275 g/mol. The van der Waals surface area contributed by atoms with Crippen LogP contribution in [0.4, 0.5) is 11.4 Å². The first-order valence-corrected chi connectivity index (χ1v) is 6.38. The minimum Gasteiger partial charge on any atom is -0.349 e. The van der Waals surface area contributed by atoms with Crippen molar-refractivity contribution in [3.63, 3.8) is 0 Å². The SMILES string of the molecule is CN(C)C(=O)CCC(=O)N1CC(=O)Nc2ccccc21. The third-order valence-electron chi connectivity index (χ3n) is 3.12. The standard InChI is InChI=1S/C14H17N3O3/c1-16(2)13(19)7-8-14(20)17-9-12(18)15-10-5-3-4-6-11(10)17/h3-6H,7-9H2,1-2H3,(H,15,18). The Morgan fingerprint density at radius 2 is 1.95 bits per heavy atom. The molecule has 1 aliphatic rings. The van der Waals surface area contributed by atoms with E-state index in [0.717, 1.165) is 0 Å². The Balaban J connectivity index is 2.10. The van der Waals surface area contributed by atoms with Crippen molar-refractivity contribution in [3.05, 3.63) is 24.3 Å². The Hall–Kier alpha value is -2.37. The second-order valence-electron chi connectivity index (χ2n) is 4.83. The third kappa shape index (κ3) is 2.96. The van der Waals surface area contributed by atoms with Crippen molar-refractivity contribution < 1.29 is 14.4 Å². The van der Waals surface area contributed by atoms with Gasteiger partial charge >= 0.3 is 0 Å². The molecule has 0 fully saturated rings. The number of amides is 3. The molecule has 0 saturated heterocycles. The normalized spacial score (nSPS) is 13.5. The number of carbonyl (C=O) groups is 3. The van der Waals surface area contributed by atoms with Gasteiger partial charge in [-0.05, 0) is 12.1 Å². The molecule has 1 heterocycles. The van der Waals surface area contributed by atoms with Crippen molar-refractivity contribution in [1.82, 2.24) is 4.90 Å². The lowest BCUT2D eigenvalue weighted by Gasteiger charge is -2.29. The number of para-hydroxylation sites is 2. The molecule has 6 nitrogen and oxygen atoms in total. The zero-order chi connectivity index (χ0) is 14.7. The molecule has 0 atom stereocenters. The number of anilines is 2. The summed E-state index contributed by atoms with van der Waals surface area (Å²) in [5.74, 6) is -0.549. The summed E-state index contributed by atoms with van der Waals surface area (Å²) in [4.78, 5) is 38.2. The molecule has 1 aliphatic heterocycles. The number of nitrogens with one attached hydrogen (secondary N) is 1. The lowest BCUT2D eigenvalue weighted by atomic mass is 10.1. The fourth-order valence-electron chi connectivity index (χ4n) is 2.03. The van der Waals surface area contributed by atoms with E-state index < -0.39 is 0 Å². The van der Waals surface area contributed by atoms with Crippen LogP contribution in [0.1, 0.15) is 12.8 Å². The molecular weight excluding hydrogens is 258 g/mol. The summed E-state index contributed by atoms with van der Waals surface area (Å²) in [6.07, 6.45) is 0.241. The number of hydrogen-bond acceptors (Lipinski definition) is 3. The summed E-state index contributed by atoms with van der Waals surface area (Å²) in [7, 11) is 3.30. The molecule has 3 amide bonds. The van der Waals surface area contributed by atoms with Gasteiger partial charge in [-0.2, -0.15) is 0 Å².